The molecule has 2 aromatic carbocycles. The maximum Gasteiger partial charge on any atom is 0.0705 e. The van der Waals surface area contributed by atoms with Crippen LogP contribution in [0.5, 0.6) is 0 Å². The van der Waals surface area contributed by atoms with Crippen molar-refractivity contribution >= 4 is 0 Å². The van der Waals surface area contributed by atoms with Crippen molar-refractivity contribution in [1.82, 2.24) is 10.2 Å². The zero-order valence-corrected chi connectivity index (χ0v) is 14.7. The van der Waals surface area contributed by atoms with Gasteiger partial charge in [0.2, 0.25) is 0 Å². The number of aliphatic hydroxyl groups is 1. The molecular formula is C21H28N2O2. The van der Waals surface area contributed by atoms with Crippen LogP contribution < -0.4 is 5.32 Å². The first kappa shape index (κ1) is 18.1. The first-order valence-electron chi connectivity index (χ1n) is 9.11. The molecular weight excluding hydrogens is 312 g/mol. The predicted octanol–water partition coefficient (Wildman–Crippen LogP) is 2.25. The molecule has 2 aromatic rings. The maximum absolute atomic E-state index is 10.4. The van der Waals surface area contributed by atoms with Gasteiger partial charge in [-0.15, -0.1) is 0 Å². The molecule has 1 aliphatic rings. The van der Waals surface area contributed by atoms with Crippen LogP contribution >= 0.6 is 0 Å². The molecule has 2 atom stereocenters. The van der Waals surface area contributed by atoms with Crippen molar-refractivity contribution < 1.29 is 9.84 Å². The van der Waals surface area contributed by atoms with Gasteiger partial charge in [0.15, 0.2) is 0 Å². The monoisotopic (exact) mass is 340 g/mol. The molecule has 0 aromatic heterocycles. The average Bonchev–Trinajstić information content (AvgIpc) is 2.67. The van der Waals surface area contributed by atoms with E-state index < -0.39 is 6.10 Å². The first-order chi connectivity index (χ1) is 12.3. The van der Waals surface area contributed by atoms with Crippen LogP contribution in [-0.2, 0) is 11.2 Å². The number of morpholine rings is 1. The van der Waals surface area contributed by atoms with E-state index in [9.17, 15) is 5.11 Å². The van der Waals surface area contributed by atoms with E-state index in [1.807, 2.05) is 24.3 Å². The molecule has 4 heteroatoms. The fourth-order valence-electron chi connectivity index (χ4n) is 3.25. The van der Waals surface area contributed by atoms with Gasteiger partial charge in [-0.05, 0) is 17.5 Å². The second kappa shape index (κ2) is 9.68. The maximum atomic E-state index is 10.4. The van der Waals surface area contributed by atoms with E-state index in [0.29, 0.717) is 13.0 Å². The van der Waals surface area contributed by atoms with Gasteiger partial charge in [-0.3, -0.25) is 4.90 Å². The molecule has 1 saturated heterocycles. The fourth-order valence-corrected chi connectivity index (χ4v) is 3.25. The fraction of sp³-hybridized carbons (Fsp3) is 0.429. The summed E-state index contributed by atoms with van der Waals surface area (Å²) in [5.41, 5.74) is 2.43. The van der Waals surface area contributed by atoms with Crippen LogP contribution in [0.15, 0.2) is 60.7 Å². The average molecular weight is 340 g/mol. The van der Waals surface area contributed by atoms with E-state index in [1.165, 1.54) is 11.1 Å². The van der Waals surface area contributed by atoms with Crippen molar-refractivity contribution in [3.8, 4) is 0 Å². The SMILES string of the molecule is OC(CNC(CN1CCOCC1)c1ccccc1)Cc1ccccc1. The molecule has 4 nitrogen and oxygen atoms in total. The summed E-state index contributed by atoms with van der Waals surface area (Å²) in [7, 11) is 0. The number of rotatable bonds is 8. The predicted molar refractivity (Wildman–Crippen MR) is 101 cm³/mol. The van der Waals surface area contributed by atoms with E-state index in [1.54, 1.807) is 0 Å². The van der Waals surface area contributed by atoms with Crippen LogP contribution in [0.2, 0.25) is 0 Å². The van der Waals surface area contributed by atoms with Crippen molar-refractivity contribution in [3.63, 3.8) is 0 Å². The largest absolute Gasteiger partial charge is 0.391 e. The van der Waals surface area contributed by atoms with Gasteiger partial charge in [-0.1, -0.05) is 60.7 Å². The lowest BCUT2D eigenvalue weighted by molar-refractivity contribution is 0.0326. The topological polar surface area (TPSA) is 44.7 Å². The highest BCUT2D eigenvalue weighted by atomic mass is 16.5. The third-order valence-corrected chi connectivity index (χ3v) is 4.66. The number of ether oxygens (including phenoxy) is 1. The van der Waals surface area contributed by atoms with Crippen molar-refractivity contribution in [2.45, 2.75) is 18.6 Å². The number of hydrogen-bond donors (Lipinski definition) is 2. The van der Waals surface area contributed by atoms with Crippen LogP contribution in [0.1, 0.15) is 17.2 Å². The molecule has 0 radical (unpaired) electrons. The van der Waals surface area contributed by atoms with Gasteiger partial charge in [0.05, 0.1) is 19.3 Å². The Kier molecular flexibility index (Phi) is 7.00. The Bertz CT molecular complexity index is 600. The minimum Gasteiger partial charge on any atom is -0.391 e. The molecule has 0 bridgehead atoms. The summed E-state index contributed by atoms with van der Waals surface area (Å²) in [5.74, 6) is 0. The molecule has 3 rings (SSSR count). The van der Waals surface area contributed by atoms with Crippen molar-refractivity contribution in [2.24, 2.45) is 0 Å². The Hall–Kier alpha value is -1.72. The zero-order valence-electron chi connectivity index (χ0n) is 14.7. The van der Waals surface area contributed by atoms with Gasteiger partial charge >= 0.3 is 0 Å². The normalized spacial score (nSPS) is 18.0. The first-order valence-corrected chi connectivity index (χ1v) is 9.11. The highest BCUT2D eigenvalue weighted by Gasteiger charge is 2.19. The molecule has 0 spiro atoms. The van der Waals surface area contributed by atoms with Crippen molar-refractivity contribution in [1.29, 1.82) is 0 Å². The van der Waals surface area contributed by atoms with Crippen LogP contribution in [0.4, 0.5) is 0 Å². The van der Waals surface area contributed by atoms with Crippen LogP contribution in [0.25, 0.3) is 0 Å². The van der Waals surface area contributed by atoms with E-state index in [2.05, 4.69) is 46.6 Å². The molecule has 1 fully saturated rings. The third-order valence-electron chi connectivity index (χ3n) is 4.66. The summed E-state index contributed by atoms with van der Waals surface area (Å²) in [4.78, 5) is 2.43. The summed E-state index contributed by atoms with van der Waals surface area (Å²) < 4.78 is 5.45. The second-order valence-corrected chi connectivity index (χ2v) is 6.63. The standard InChI is InChI=1S/C21H28N2O2/c24-20(15-18-7-3-1-4-8-18)16-22-21(19-9-5-2-6-10-19)17-23-11-13-25-14-12-23/h1-10,20-22,24H,11-17H2. The Balaban J connectivity index is 1.57. The van der Waals surface area contributed by atoms with E-state index in [4.69, 9.17) is 4.74 Å². The summed E-state index contributed by atoms with van der Waals surface area (Å²) >= 11 is 0. The molecule has 134 valence electrons. The molecule has 0 aliphatic carbocycles. The van der Waals surface area contributed by atoms with Gasteiger partial charge in [-0.2, -0.15) is 0 Å². The van der Waals surface area contributed by atoms with Gasteiger partial charge in [0.1, 0.15) is 0 Å². The molecule has 2 N–H and O–H groups in total. The van der Waals surface area contributed by atoms with Crippen molar-refractivity contribution in [3.05, 3.63) is 71.8 Å². The molecule has 0 saturated carbocycles. The zero-order chi connectivity index (χ0) is 17.3. The Morgan fingerprint density at radius 3 is 2.28 bits per heavy atom. The second-order valence-electron chi connectivity index (χ2n) is 6.63. The van der Waals surface area contributed by atoms with Crippen molar-refractivity contribution in [2.75, 3.05) is 39.4 Å². The number of benzene rings is 2. The van der Waals surface area contributed by atoms with Gasteiger partial charge in [0.25, 0.3) is 0 Å². The van der Waals surface area contributed by atoms with Gasteiger partial charge < -0.3 is 15.2 Å². The Morgan fingerprint density at radius 2 is 1.60 bits per heavy atom. The Morgan fingerprint density at radius 1 is 0.960 bits per heavy atom. The van der Waals surface area contributed by atoms with Crippen LogP contribution in [0, 0.1) is 0 Å². The third kappa shape index (κ3) is 5.94. The van der Waals surface area contributed by atoms with Crippen LogP contribution in [0.3, 0.4) is 0 Å². The minimum absolute atomic E-state index is 0.213. The van der Waals surface area contributed by atoms with Crippen LogP contribution in [-0.4, -0.2) is 55.5 Å². The summed E-state index contributed by atoms with van der Waals surface area (Å²) in [5, 5.41) is 14.0. The molecule has 1 aliphatic heterocycles. The highest BCUT2D eigenvalue weighted by Crippen LogP contribution is 2.15. The van der Waals surface area contributed by atoms with E-state index in [0.717, 1.165) is 32.8 Å². The molecule has 0 amide bonds. The van der Waals surface area contributed by atoms with E-state index in [-0.39, 0.29) is 6.04 Å². The Labute approximate surface area is 150 Å². The van der Waals surface area contributed by atoms with Gasteiger partial charge in [0, 0.05) is 32.2 Å². The number of aliphatic hydroxyl groups excluding tert-OH is 1. The lowest BCUT2D eigenvalue weighted by atomic mass is 10.0. The molecule has 25 heavy (non-hydrogen) atoms. The summed E-state index contributed by atoms with van der Waals surface area (Å²) in [6.45, 7) is 5.07. The summed E-state index contributed by atoms with van der Waals surface area (Å²) in [6, 6.07) is 20.9. The molecule has 2 unspecified atom stereocenters. The number of hydrogen-bond acceptors (Lipinski definition) is 4. The smallest absolute Gasteiger partial charge is 0.0705 e. The summed E-state index contributed by atoms with van der Waals surface area (Å²) in [6.07, 6.45) is 0.283. The van der Waals surface area contributed by atoms with Gasteiger partial charge in [-0.25, -0.2) is 0 Å². The molecule has 1 heterocycles. The quantitative estimate of drug-likeness (QED) is 0.774. The number of nitrogens with one attached hydrogen (secondary N) is 1. The van der Waals surface area contributed by atoms with E-state index >= 15 is 0 Å². The highest BCUT2D eigenvalue weighted by molar-refractivity contribution is 5.20. The minimum atomic E-state index is -0.390. The number of nitrogens with zero attached hydrogens (tertiary/aromatic N) is 1. The lowest BCUT2D eigenvalue weighted by Gasteiger charge is -2.31. The lowest BCUT2D eigenvalue weighted by Crippen LogP contribution is -2.43.